The molecule has 1 N–H and O–H groups in total. The third-order valence-electron chi connectivity index (χ3n) is 3.02. The zero-order chi connectivity index (χ0) is 12.0. The Hall–Kier alpha value is -0.410. The van der Waals surface area contributed by atoms with Gasteiger partial charge in [0.1, 0.15) is 11.1 Å². The monoisotopic (exact) mass is 241 g/mol. The minimum atomic E-state index is -0.361. The summed E-state index contributed by atoms with van der Waals surface area (Å²) >= 11 is 1.57. The minimum absolute atomic E-state index is 0.361. The number of aliphatic hydroxyl groups is 1. The van der Waals surface area contributed by atoms with Crippen LogP contribution < -0.4 is 0 Å². The van der Waals surface area contributed by atoms with Crippen molar-refractivity contribution in [3.63, 3.8) is 0 Å². The van der Waals surface area contributed by atoms with E-state index in [1.165, 1.54) is 19.3 Å². The zero-order valence-corrected chi connectivity index (χ0v) is 11.4. The van der Waals surface area contributed by atoms with Crippen LogP contribution in [0.3, 0.4) is 0 Å². The van der Waals surface area contributed by atoms with Crippen molar-refractivity contribution in [2.75, 3.05) is 0 Å². The number of hydrogen-bond donors (Lipinski definition) is 1. The fraction of sp³-hybridized carbons (Fsp3) is 0.769. The van der Waals surface area contributed by atoms with Gasteiger partial charge in [0, 0.05) is 11.1 Å². The fourth-order valence-electron chi connectivity index (χ4n) is 1.92. The van der Waals surface area contributed by atoms with E-state index < -0.39 is 0 Å². The minimum Gasteiger partial charge on any atom is -0.386 e. The van der Waals surface area contributed by atoms with Crippen molar-refractivity contribution in [1.82, 2.24) is 4.98 Å². The van der Waals surface area contributed by atoms with Gasteiger partial charge in [0.15, 0.2) is 0 Å². The molecule has 1 aromatic heterocycles. The van der Waals surface area contributed by atoms with Crippen molar-refractivity contribution in [2.45, 2.75) is 59.0 Å². The second kappa shape index (κ2) is 7.02. The second-order valence-electron chi connectivity index (χ2n) is 4.50. The first-order chi connectivity index (χ1) is 7.67. The van der Waals surface area contributed by atoms with Crippen molar-refractivity contribution in [3.8, 4) is 0 Å². The van der Waals surface area contributed by atoms with E-state index in [1.807, 2.05) is 12.3 Å². The normalized spacial score (nSPS) is 15.0. The van der Waals surface area contributed by atoms with E-state index in [0.717, 1.165) is 23.5 Å². The summed E-state index contributed by atoms with van der Waals surface area (Å²) in [5.74, 6) is 0.638. The van der Waals surface area contributed by atoms with E-state index in [-0.39, 0.29) is 6.10 Å². The highest BCUT2D eigenvalue weighted by molar-refractivity contribution is 7.09. The summed E-state index contributed by atoms with van der Waals surface area (Å²) in [6.45, 7) is 6.40. The van der Waals surface area contributed by atoms with Crippen LogP contribution >= 0.6 is 11.3 Å². The topological polar surface area (TPSA) is 33.1 Å². The molecule has 0 saturated heterocycles. The van der Waals surface area contributed by atoms with Crippen molar-refractivity contribution < 1.29 is 5.11 Å². The second-order valence-corrected chi connectivity index (χ2v) is 5.38. The molecule has 92 valence electrons. The number of nitrogens with zero attached hydrogens (tertiary/aromatic N) is 1. The summed E-state index contributed by atoms with van der Waals surface area (Å²) in [6.07, 6.45) is 5.39. The standard InChI is InChI=1S/C13H23NOS/c1-4-6-7-11(5-2)8-12(15)13-14-10(3)9-16-13/h9,11-12,15H,4-8H2,1-3H3. The molecule has 0 spiro atoms. The maximum atomic E-state index is 10.1. The van der Waals surface area contributed by atoms with Gasteiger partial charge in [-0.2, -0.15) is 0 Å². The average Bonchev–Trinajstić information content (AvgIpc) is 2.70. The molecule has 0 aliphatic rings. The summed E-state index contributed by atoms with van der Waals surface area (Å²) < 4.78 is 0. The van der Waals surface area contributed by atoms with E-state index in [9.17, 15) is 5.11 Å². The molecule has 1 aromatic rings. The Labute approximate surface area is 103 Å². The average molecular weight is 241 g/mol. The van der Waals surface area contributed by atoms with Gasteiger partial charge in [-0.1, -0.05) is 39.5 Å². The van der Waals surface area contributed by atoms with Crippen LogP contribution in [0.4, 0.5) is 0 Å². The molecule has 1 rings (SSSR count). The van der Waals surface area contributed by atoms with Crippen molar-refractivity contribution in [1.29, 1.82) is 0 Å². The van der Waals surface area contributed by atoms with Gasteiger partial charge in [0.2, 0.25) is 0 Å². The Morgan fingerprint density at radius 1 is 1.44 bits per heavy atom. The third-order valence-corrected chi connectivity index (χ3v) is 4.09. The third kappa shape index (κ3) is 4.22. The largest absolute Gasteiger partial charge is 0.386 e. The van der Waals surface area contributed by atoms with Gasteiger partial charge in [0.05, 0.1) is 0 Å². The zero-order valence-electron chi connectivity index (χ0n) is 10.6. The Bertz CT molecular complexity index is 298. The van der Waals surface area contributed by atoms with Crippen LogP contribution in [0.2, 0.25) is 0 Å². The van der Waals surface area contributed by atoms with Crippen molar-refractivity contribution in [2.24, 2.45) is 5.92 Å². The molecule has 2 atom stereocenters. The number of aryl methyl sites for hydroxylation is 1. The maximum Gasteiger partial charge on any atom is 0.121 e. The van der Waals surface area contributed by atoms with Gasteiger partial charge in [-0.3, -0.25) is 0 Å². The molecule has 2 nitrogen and oxygen atoms in total. The van der Waals surface area contributed by atoms with Crippen LogP contribution in [0.5, 0.6) is 0 Å². The first kappa shape index (κ1) is 13.7. The highest BCUT2D eigenvalue weighted by Gasteiger charge is 2.16. The Morgan fingerprint density at radius 3 is 2.69 bits per heavy atom. The van der Waals surface area contributed by atoms with Crippen LogP contribution in [0, 0.1) is 12.8 Å². The van der Waals surface area contributed by atoms with Crippen LogP contribution in [-0.2, 0) is 0 Å². The van der Waals surface area contributed by atoms with Crippen LogP contribution in [-0.4, -0.2) is 10.1 Å². The van der Waals surface area contributed by atoms with Crippen LogP contribution in [0.25, 0.3) is 0 Å². The number of thiazole rings is 1. The molecule has 3 heteroatoms. The lowest BCUT2D eigenvalue weighted by molar-refractivity contribution is 0.138. The number of rotatable bonds is 7. The van der Waals surface area contributed by atoms with E-state index >= 15 is 0 Å². The number of hydrogen-bond acceptors (Lipinski definition) is 3. The molecule has 16 heavy (non-hydrogen) atoms. The molecule has 0 aromatic carbocycles. The smallest absolute Gasteiger partial charge is 0.121 e. The van der Waals surface area contributed by atoms with Gasteiger partial charge >= 0.3 is 0 Å². The lowest BCUT2D eigenvalue weighted by Crippen LogP contribution is -2.07. The molecule has 0 bridgehead atoms. The van der Waals surface area contributed by atoms with Gasteiger partial charge in [-0.05, 0) is 19.3 Å². The quantitative estimate of drug-likeness (QED) is 0.780. The molecule has 0 radical (unpaired) electrons. The SMILES string of the molecule is CCCCC(CC)CC(O)c1nc(C)cs1. The maximum absolute atomic E-state index is 10.1. The summed E-state index contributed by atoms with van der Waals surface area (Å²) in [7, 11) is 0. The molecule has 0 amide bonds. The van der Waals surface area contributed by atoms with Crippen LogP contribution in [0.15, 0.2) is 5.38 Å². The Kier molecular flexibility index (Phi) is 5.99. The van der Waals surface area contributed by atoms with E-state index in [0.29, 0.717) is 5.92 Å². The van der Waals surface area contributed by atoms with Crippen LogP contribution in [0.1, 0.15) is 62.8 Å². The first-order valence-corrected chi connectivity index (χ1v) is 7.15. The van der Waals surface area contributed by atoms with Gasteiger partial charge in [-0.25, -0.2) is 4.98 Å². The van der Waals surface area contributed by atoms with E-state index in [1.54, 1.807) is 11.3 Å². The predicted octanol–water partition coefficient (Wildman–Crippen LogP) is 4.09. The van der Waals surface area contributed by atoms with E-state index in [4.69, 9.17) is 0 Å². The number of aromatic nitrogens is 1. The van der Waals surface area contributed by atoms with E-state index in [2.05, 4.69) is 18.8 Å². The van der Waals surface area contributed by atoms with Gasteiger partial charge < -0.3 is 5.11 Å². The molecular weight excluding hydrogens is 218 g/mol. The number of aliphatic hydroxyl groups excluding tert-OH is 1. The van der Waals surface area contributed by atoms with Crippen molar-refractivity contribution in [3.05, 3.63) is 16.1 Å². The lowest BCUT2D eigenvalue weighted by atomic mass is 9.93. The summed E-state index contributed by atoms with van der Waals surface area (Å²) in [6, 6.07) is 0. The predicted molar refractivity (Wildman–Crippen MR) is 69.7 cm³/mol. The molecule has 0 saturated carbocycles. The molecule has 1 heterocycles. The molecule has 0 fully saturated rings. The lowest BCUT2D eigenvalue weighted by Gasteiger charge is -2.17. The molecule has 0 aliphatic heterocycles. The Morgan fingerprint density at radius 2 is 2.19 bits per heavy atom. The summed E-state index contributed by atoms with van der Waals surface area (Å²) in [5.41, 5.74) is 1.01. The molecular formula is C13H23NOS. The Balaban J connectivity index is 2.45. The highest BCUT2D eigenvalue weighted by Crippen LogP contribution is 2.28. The summed E-state index contributed by atoms with van der Waals surface area (Å²) in [5, 5.41) is 13.0. The number of unbranched alkanes of at least 4 members (excludes halogenated alkanes) is 1. The van der Waals surface area contributed by atoms with Gasteiger partial charge in [0.25, 0.3) is 0 Å². The highest BCUT2D eigenvalue weighted by atomic mass is 32.1. The fourth-order valence-corrected chi connectivity index (χ4v) is 2.72. The first-order valence-electron chi connectivity index (χ1n) is 6.27. The molecule has 0 aliphatic carbocycles. The summed E-state index contributed by atoms with van der Waals surface area (Å²) in [4.78, 5) is 4.35. The van der Waals surface area contributed by atoms with Gasteiger partial charge in [-0.15, -0.1) is 11.3 Å². The van der Waals surface area contributed by atoms with Crippen molar-refractivity contribution >= 4 is 11.3 Å². The molecule has 2 unspecified atom stereocenters.